The fourth-order valence-electron chi connectivity index (χ4n) is 3.83. The van der Waals surface area contributed by atoms with E-state index in [0.717, 1.165) is 0 Å². The number of hydrogen-bond donors (Lipinski definition) is 1. The summed E-state index contributed by atoms with van der Waals surface area (Å²) >= 11 is 0. The predicted molar refractivity (Wildman–Crippen MR) is 114 cm³/mol. The average Bonchev–Trinajstić information content (AvgIpc) is 3.45. The van der Waals surface area contributed by atoms with Gasteiger partial charge in [0, 0.05) is 13.1 Å². The summed E-state index contributed by atoms with van der Waals surface area (Å²) < 4.78 is 21.1. The number of nitrogens with two attached hydrogens (primary N) is 1. The van der Waals surface area contributed by atoms with Gasteiger partial charge in [-0.3, -0.25) is 9.59 Å². The Morgan fingerprint density at radius 3 is 2.64 bits per heavy atom. The van der Waals surface area contributed by atoms with Crippen LogP contribution in [-0.4, -0.2) is 52.4 Å². The molecule has 0 radical (unpaired) electrons. The van der Waals surface area contributed by atoms with E-state index in [-0.39, 0.29) is 59.1 Å². The van der Waals surface area contributed by atoms with E-state index < -0.39 is 11.9 Å². The number of fused-ring (bicyclic) bond motifs is 1. The third-order valence-electron chi connectivity index (χ3n) is 5.47. The number of nitrogen functional groups attached to an aromatic ring is 1. The second-order valence-corrected chi connectivity index (χ2v) is 7.61. The minimum atomic E-state index is -0.569. The molecule has 11 nitrogen and oxygen atoms in total. The summed E-state index contributed by atoms with van der Waals surface area (Å²) in [6, 6.07) is 3.27. The van der Waals surface area contributed by atoms with Crippen molar-refractivity contribution in [3.8, 4) is 0 Å². The topological polar surface area (TPSA) is 151 Å². The Balaban J connectivity index is 1.37. The zero-order valence-electron chi connectivity index (χ0n) is 18.3. The summed E-state index contributed by atoms with van der Waals surface area (Å²) in [5.41, 5.74) is 6.34. The van der Waals surface area contributed by atoms with Crippen LogP contribution in [0.3, 0.4) is 0 Å². The number of aryl methyl sites for hydroxylation is 1. The second-order valence-electron chi connectivity index (χ2n) is 7.61. The van der Waals surface area contributed by atoms with E-state index in [1.165, 1.54) is 6.26 Å². The summed E-state index contributed by atoms with van der Waals surface area (Å²) in [7, 11) is 0. The van der Waals surface area contributed by atoms with E-state index in [2.05, 4.69) is 9.97 Å². The summed E-state index contributed by atoms with van der Waals surface area (Å²) in [4.78, 5) is 47.1. The van der Waals surface area contributed by atoms with E-state index in [4.69, 9.17) is 24.0 Å². The number of carbonyl (C=O) groups excluding carboxylic acids is 3. The van der Waals surface area contributed by atoms with Crippen LogP contribution in [0.5, 0.6) is 0 Å². The molecule has 4 heterocycles. The number of esters is 2. The molecule has 3 aromatic rings. The first-order valence-corrected chi connectivity index (χ1v) is 10.6. The van der Waals surface area contributed by atoms with Crippen molar-refractivity contribution in [2.45, 2.75) is 33.3 Å². The lowest BCUT2D eigenvalue weighted by Gasteiger charge is -2.30. The van der Waals surface area contributed by atoms with E-state index in [0.29, 0.717) is 31.7 Å². The van der Waals surface area contributed by atoms with Gasteiger partial charge in [0.05, 0.1) is 24.2 Å². The first kappa shape index (κ1) is 22.3. The van der Waals surface area contributed by atoms with Gasteiger partial charge in [-0.15, -0.1) is 0 Å². The summed E-state index contributed by atoms with van der Waals surface area (Å²) in [6.45, 7) is 4.17. The molecule has 1 fully saturated rings. The number of carbonyl (C=O) groups is 3. The van der Waals surface area contributed by atoms with E-state index in [1.807, 2.05) is 0 Å². The molecule has 4 rings (SSSR count). The van der Waals surface area contributed by atoms with Crippen LogP contribution in [0.1, 0.15) is 52.3 Å². The van der Waals surface area contributed by atoms with Gasteiger partial charge in [-0.25, -0.2) is 9.78 Å². The molecule has 0 bridgehead atoms. The number of anilines is 1. The summed E-state index contributed by atoms with van der Waals surface area (Å²) in [5.74, 6) is -0.716. The lowest BCUT2D eigenvalue weighted by atomic mass is 9.97. The van der Waals surface area contributed by atoms with Crippen molar-refractivity contribution in [2.75, 3.05) is 25.4 Å². The van der Waals surface area contributed by atoms with Crippen molar-refractivity contribution in [3.63, 3.8) is 0 Å². The fourth-order valence-corrected chi connectivity index (χ4v) is 3.83. The standard InChI is InChI=1S/C22H24N4O7/c1-3-30-22(29)16-12(2)33-19-17(16)18(23)24-15(25-19)11-32-21(28)13-6-8-26(9-7-13)20(27)14-5-4-10-31-14/h4-5,10,13H,3,6-9,11H2,1-2H3,(H2,23,24,25). The Bertz CT molecular complexity index is 1180. The molecule has 1 saturated heterocycles. The number of furan rings is 2. The summed E-state index contributed by atoms with van der Waals surface area (Å²) in [6.07, 6.45) is 2.41. The average molecular weight is 456 g/mol. The van der Waals surface area contributed by atoms with Crippen LogP contribution in [-0.2, 0) is 20.9 Å². The molecule has 2 N–H and O–H groups in total. The Labute approximate surface area is 188 Å². The van der Waals surface area contributed by atoms with Crippen molar-refractivity contribution in [3.05, 3.63) is 41.3 Å². The molecule has 1 aliphatic heterocycles. The molecule has 0 spiro atoms. The first-order chi connectivity index (χ1) is 15.9. The van der Waals surface area contributed by atoms with Crippen LogP contribution in [0.2, 0.25) is 0 Å². The van der Waals surface area contributed by atoms with Crippen LogP contribution < -0.4 is 5.73 Å². The van der Waals surface area contributed by atoms with Crippen LogP contribution in [0, 0.1) is 12.8 Å². The van der Waals surface area contributed by atoms with Crippen molar-refractivity contribution < 1.29 is 32.7 Å². The molecule has 0 atom stereocenters. The minimum absolute atomic E-state index is 0.0377. The first-order valence-electron chi connectivity index (χ1n) is 10.6. The lowest BCUT2D eigenvalue weighted by Crippen LogP contribution is -2.40. The molecule has 1 amide bonds. The SMILES string of the molecule is CCOC(=O)c1c(C)oc2nc(COC(=O)C3CCN(C(=O)c4ccco4)CC3)nc(N)c12. The van der Waals surface area contributed by atoms with Gasteiger partial charge < -0.3 is 28.9 Å². The van der Waals surface area contributed by atoms with Gasteiger partial charge in [0.1, 0.15) is 17.1 Å². The van der Waals surface area contributed by atoms with Crippen molar-refractivity contribution >= 4 is 34.8 Å². The number of nitrogens with zero attached hydrogens (tertiary/aromatic N) is 3. The normalized spacial score (nSPS) is 14.4. The molecule has 0 aromatic carbocycles. The van der Waals surface area contributed by atoms with E-state index >= 15 is 0 Å². The lowest BCUT2D eigenvalue weighted by molar-refractivity contribution is -0.151. The van der Waals surface area contributed by atoms with Gasteiger partial charge in [0.2, 0.25) is 5.71 Å². The number of hydrogen-bond acceptors (Lipinski definition) is 10. The van der Waals surface area contributed by atoms with Gasteiger partial charge in [0.25, 0.3) is 5.91 Å². The quantitative estimate of drug-likeness (QED) is 0.548. The highest BCUT2D eigenvalue weighted by Gasteiger charge is 2.30. The number of piperidine rings is 1. The third kappa shape index (κ3) is 4.52. The monoisotopic (exact) mass is 456 g/mol. The smallest absolute Gasteiger partial charge is 0.342 e. The fraction of sp³-hybridized carbons (Fsp3) is 0.409. The molecule has 1 aliphatic rings. The van der Waals surface area contributed by atoms with E-state index in [1.54, 1.807) is 30.9 Å². The summed E-state index contributed by atoms with van der Waals surface area (Å²) in [5, 5.41) is 0.273. The molecule has 3 aromatic heterocycles. The highest BCUT2D eigenvalue weighted by Crippen LogP contribution is 2.29. The van der Waals surface area contributed by atoms with Crippen LogP contribution in [0.15, 0.2) is 27.2 Å². The maximum atomic E-state index is 12.5. The highest BCUT2D eigenvalue weighted by molar-refractivity contribution is 6.07. The molecule has 0 unspecified atom stereocenters. The van der Waals surface area contributed by atoms with Gasteiger partial charge in [0.15, 0.2) is 18.2 Å². The second kappa shape index (κ2) is 9.31. The Kier molecular flexibility index (Phi) is 6.29. The molecule has 33 heavy (non-hydrogen) atoms. The zero-order valence-corrected chi connectivity index (χ0v) is 18.3. The minimum Gasteiger partial charge on any atom is -0.462 e. The van der Waals surface area contributed by atoms with Crippen molar-refractivity contribution in [2.24, 2.45) is 5.92 Å². The largest absolute Gasteiger partial charge is 0.462 e. The molecule has 0 aliphatic carbocycles. The molecule has 174 valence electrons. The van der Waals surface area contributed by atoms with Gasteiger partial charge in [-0.1, -0.05) is 0 Å². The van der Waals surface area contributed by atoms with E-state index in [9.17, 15) is 14.4 Å². The van der Waals surface area contributed by atoms with Gasteiger partial charge in [-0.2, -0.15) is 4.98 Å². The number of aromatic nitrogens is 2. The highest BCUT2D eigenvalue weighted by atomic mass is 16.5. The van der Waals surface area contributed by atoms with Gasteiger partial charge in [-0.05, 0) is 38.8 Å². The Hall–Kier alpha value is -3.89. The maximum Gasteiger partial charge on any atom is 0.342 e. The number of amides is 1. The number of likely N-dealkylation sites (tertiary alicyclic amines) is 1. The molecular formula is C22H24N4O7. The van der Waals surface area contributed by atoms with Crippen molar-refractivity contribution in [1.29, 1.82) is 0 Å². The third-order valence-corrected chi connectivity index (χ3v) is 5.47. The van der Waals surface area contributed by atoms with Crippen LogP contribution >= 0.6 is 0 Å². The van der Waals surface area contributed by atoms with Crippen LogP contribution in [0.25, 0.3) is 11.1 Å². The maximum absolute atomic E-state index is 12.5. The van der Waals surface area contributed by atoms with Gasteiger partial charge >= 0.3 is 11.9 Å². The molecule has 11 heteroatoms. The Morgan fingerprint density at radius 1 is 1.21 bits per heavy atom. The molecule has 0 saturated carbocycles. The van der Waals surface area contributed by atoms with Crippen LogP contribution in [0.4, 0.5) is 5.82 Å². The molecular weight excluding hydrogens is 432 g/mol. The predicted octanol–water partition coefficient (Wildman–Crippen LogP) is 2.48. The van der Waals surface area contributed by atoms with Crippen molar-refractivity contribution in [1.82, 2.24) is 14.9 Å². The Morgan fingerprint density at radius 2 is 1.97 bits per heavy atom. The number of rotatable bonds is 6. The number of ether oxygens (including phenoxy) is 2. The zero-order chi connectivity index (χ0) is 23.5.